The molecule has 0 radical (unpaired) electrons. The van der Waals surface area contributed by atoms with Crippen molar-refractivity contribution in [1.82, 2.24) is 5.32 Å². The van der Waals surface area contributed by atoms with Crippen LogP contribution in [0.25, 0.3) is 0 Å². The molecular weight excluding hydrogens is 603 g/mol. The Hall–Kier alpha value is -1.06. The second kappa shape index (κ2) is 32.5. The van der Waals surface area contributed by atoms with Gasteiger partial charge in [-0.2, -0.15) is 0 Å². The molecule has 0 aliphatic heterocycles. The highest BCUT2D eigenvalue weighted by atomic mass is 31.2. The Bertz CT molecular complexity index is 796. The molecule has 0 aromatic rings. The highest BCUT2D eigenvalue weighted by molar-refractivity contribution is 7.47. The largest absolute Gasteiger partial charge is 0.472 e. The van der Waals surface area contributed by atoms with Gasteiger partial charge in [-0.15, -0.1) is 0 Å². The molecule has 0 heterocycles. The van der Waals surface area contributed by atoms with Crippen molar-refractivity contribution in [2.45, 2.75) is 180 Å². The Balaban J connectivity index is 4.44. The Morgan fingerprint density at radius 3 is 1.74 bits per heavy atom. The standard InChI is InChI=1S/C36H71N2O7P/c1-3-5-7-9-11-13-15-16-17-18-19-21-23-25-27-33(39)31-36(41)38-34(32-45-46(42,43)44-30-29-37)35(40)28-26-24-22-20-14-12-10-8-6-4-2/h17-18,26,28,33-35,39-40H,3-16,19-25,27,29-32,37H2,1-2H3,(H,38,41)(H,42,43)/b18-17-,28-26+. The van der Waals surface area contributed by atoms with Crippen LogP contribution in [0.5, 0.6) is 0 Å². The van der Waals surface area contributed by atoms with Gasteiger partial charge in [0.05, 0.1) is 37.9 Å². The predicted molar refractivity (Wildman–Crippen MR) is 191 cm³/mol. The van der Waals surface area contributed by atoms with Gasteiger partial charge in [0.25, 0.3) is 0 Å². The maximum Gasteiger partial charge on any atom is 0.472 e. The topological polar surface area (TPSA) is 151 Å². The summed E-state index contributed by atoms with van der Waals surface area (Å²) in [6.07, 6.45) is 31.2. The van der Waals surface area contributed by atoms with Gasteiger partial charge < -0.3 is 26.2 Å². The van der Waals surface area contributed by atoms with Crippen LogP contribution in [0.4, 0.5) is 0 Å². The Morgan fingerprint density at radius 1 is 0.739 bits per heavy atom. The lowest BCUT2D eigenvalue weighted by Gasteiger charge is -2.24. The number of carbonyl (C=O) groups excluding carboxylic acids is 1. The molecule has 0 spiro atoms. The smallest absolute Gasteiger partial charge is 0.393 e. The van der Waals surface area contributed by atoms with Crippen LogP contribution in [0, 0.1) is 0 Å². The van der Waals surface area contributed by atoms with E-state index in [1.54, 1.807) is 6.08 Å². The molecule has 0 rings (SSSR count). The lowest BCUT2D eigenvalue weighted by atomic mass is 10.0. The van der Waals surface area contributed by atoms with E-state index in [4.69, 9.17) is 14.8 Å². The van der Waals surface area contributed by atoms with Gasteiger partial charge in [-0.1, -0.05) is 134 Å². The molecule has 272 valence electrons. The van der Waals surface area contributed by atoms with Gasteiger partial charge in [0.1, 0.15) is 0 Å². The van der Waals surface area contributed by atoms with Crippen molar-refractivity contribution in [2.75, 3.05) is 19.8 Å². The maximum atomic E-state index is 12.7. The summed E-state index contributed by atoms with van der Waals surface area (Å²) in [7, 11) is -4.39. The lowest BCUT2D eigenvalue weighted by molar-refractivity contribution is -0.124. The number of carbonyl (C=O) groups is 1. The fourth-order valence-electron chi connectivity index (χ4n) is 5.23. The molecular formula is C36H71N2O7P. The minimum absolute atomic E-state index is 0.0477. The Labute approximate surface area is 281 Å². The molecule has 46 heavy (non-hydrogen) atoms. The average Bonchev–Trinajstić information content (AvgIpc) is 3.03. The molecule has 0 bridgehead atoms. The van der Waals surface area contributed by atoms with E-state index in [1.807, 2.05) is 6.08 Å². The van der Waals surface area contributed by atoms with E-state index in [9.17, 15) is 24.5 Å². The average molecular weight is 675 g/mol. The summed E-state index contributed by atoms with van der Waals surface area (Å²) in [4.78, 5) is 22.6. The monoisotopic (exact) mass is 674 g/mol. The van der Waals surface area contributed by atoms with Crippen molar-refractivity contribution in [2.24, 2.45) is 5.73 Å². The molecule has 6 N–H and O–H groups in total. The summed E-state index contributed by atoms with van der Waals surface area (Å²) in [6.45, 7) is 3.91. The van der Waals surface area contributed by atoms with Crippen LogP contribution in [0.2, 0.25) is 0 Å². The first kappa shape index (κ1) is 44.9. The van der Waals surface area contributed by atoms with Gasteiger partial charge in [-0.3, -0.25) is 13.8 Å². The van der Waals surface area contributed by atoms with Crippen LogP contribution in [-0.2, 0) is 18.4 Å². The molecule has 10 heteroatoms. The van der Waals surface area contributed by atoms with Crippen molar-refractivity contribution >= 4 is 13.7 Å². The number of hydrogen-bond donors (Lipinski definition) is 5. The van der Waals surface area contributed by atoms with E-state index in [0.29, 0.717) is 6.42 Å². The number of allylic oxidation sites excluding steroid dienone is 3. The number of aliphatic hydroxyl groups excluding tert-OH is 2. The quantitative estimate of drug-likeness (QED) is 0.0259. The highest BCUT2D eigenvalue weighted by Crippen LogP contribution is 2.43. The second-order valence-corrected chi connectivity index (χ2v) is 14.1. The number of amides is 1. The minimum Gasteiger partial charge on any atom is -0.393 e. The van der Waals surface area contributed by atoms with Gasteiger partial charge in [0.2, 0.25) is 5.91 Å². The van der Waals surface area contributed by atoms with E-state index < -0.39 is 38.6 Å². The Kier molecular flexibility index (Phi) is 31.7. The fraction of sp³-hybridized carbons (Fsp3) is 0.861. The molecule has 4 atom stereocenters. The van der Waals surface area contributed by atoms with Crippen LogP contribution < -0.4 is 11.1 Å². The molecule has 9 nitrogen and oxygen atoms in total. The number of nitrogens with one attached hydrogen (secondary N) is 1. The van der Waals surface area contributed by atoms with Gasteiger partial charge in [0.15, 0.2) is 0 Å². The number of phosphoric acid groups is 1. The third-order valence-corrected chi connectivity index (χ3v) is 9.06. The SMILES string of the molecule is CCCCCCCCC/C=C\CCCCCC(O)CC(=O)NC(COP(=O)(O)OCCN)C(O)/C=C/CCCCCCCCCC. The number of phosphoric ester groups is 1. The van der Waals surface area contributed by atoms with Crippen molar-refractivity contribution in [3.05, 3.63) is 24.3 Å². The van der Waals surface area contributed by atoms with Crippen LogP contribution in [0.15, 0.2) is 24.3 Å². The summed E-state index contributed by atoms with van der Waals surface area (Å²) in [6, 6.07) is -0.982. The van der Waals surface area contributed by atoms with E-state index >= 15 is 0 Å². The molecule has 4 unspecified atom stereocenters. The first-order valence-electron chi connectivity index (χ1n) is 18.5. The normalized spacial score (nSPS) is 15.3. The van der Waals surface area contributed by atoms with Gasteiger partial charge in [-0.05, 0) is 44.9 Å². The summed E-state index contributed by atoms with van der Waals surface area (Å²) in [5.74, 6) is -0.458. The summed E-state index contributed by atoms with van der Waals surface area (Å²) in [5, 5.41) is 23.8. The number of rotatable bonds is 34. The predicted octanol–water partition coefficient (Wildman–Crippen LogP) is 8.41. The molecule has 0 saturated carbocycles. The molecule has 0 fully saturated rings. The van der Waals surface area contributed by atoms with Gasteiger partial charge in [-0.25, -0.2) is 4.57 Å². The van der Waals surface area contributed by atoms with E-state index in [-0.39, 0.29) is 19.6 Å². The first-order chi connectivity index (χ1) is 22.3. The van der Waals surface area contributed by atoms with E-state index in [2.05, 4.69) is 31.3 Å². The van der Waals surface area contributed by atoms with Gasteiger partial charge in [0, 0.05) is 6.54 Å². The fourth-order valence-corrected chi connectivity index (χ4v) is 5.99. The molecule has 0 aromatic carbocycles. The minimum atomic E-state index is -4.39. The maximum absolute atomic E-state index is 12.7. The van der Waals surface area contributed by atoms with Crippen molar-refractivity contribution in [3.63, 3.8) is 0 Å². The van der Waals surface area contributed by atoms with Crippen LogP contribution in [-0.4, -0.2) is 59.0 Å². The molecule has 0 saturated heterocycles. The number of unbranched alkanes of at least 4 members (excludes halogenated alkanes) is 18. The Morgan fingerprint density at radius 2 is 1.22 bits per heavy atom. The van der Waals surface area contributed by atoms with Crippen LogP contribution >= 0.6 is 7.82 Å². The summed E-state index contributed by atoms with van der Waals surface area (Å²) < 4.78 is 21.9. The zero-order valence-corrected chi connectivity index (χ0v) is 30.3. The van der Waals surface area contributed by atoms with Gasteiger partial charge >= 0.3 is 7.82 Å². The van der Waals surface area contributed by atoms with E-state index in [0.717, 1.165) is 51.4 Å². The number of nitrogens with two attached hydrogens (primary N) is 1. The van der Waals surface area contributed by atoms with Crippen LogP contribution in [0.3, 0.4) is 0 Å². The number of aliphatic hydroxyl groups is 2. The third kappa shape index (κ3) is 30.3. The summed E-state index contributed by atoms with van der Waals surface area (Å²) in [5.41, 5.74) is 5.33. The third-order valence-electron chi connectivity index (χ3n) is 8.08. The molecule has 0 aromatic heterocycles. The first-order valence-corrected chi connectivity index (χ1v) is 20.0. The molecule has 1 amide bonds. The summed E-state index contributed by atoms with van der Waals surface area (Å²) >= 11 is 0. The number of hydrogen-bond acceptors (Lipinski definition) is 7. The van der Waals surface area contributed by atoms with Crippen molar-refractivity contribution < 1.29 is 33.5 Å². The molecule has 0 aliphatic carbocycles. The zero-order chi connectivity index (χ0) is 34.1. The zero-order valence-electron chi connectivity index (χ0n) is 29.4. The van der Waals surface area contributed by atoms with Crippen molar-refractivity contribution in [1.29, 1.82) is 0 Å². The second-order valence-electron chi connectivity index (χ2n) is 12.6. The van der Waals surface area contributed by atoms with E-state index in [1.165, 1.54) is 83.5 Å². The lowest BCUT2D eigenvalue weighted by Crippen LogP contribution is -2.46. The van der Waals surface area contributed by atoms with Crippen molar-refractivity contribution in [3.8, 4) is 0 Å². The molecule has 0 aliphatic rings. The highest BCUT2D eigenvalue weighted by Gasteiger charge is 2.27. The van der Waals surface area contributed by atoms with Crippen LogP contribution in [0.1, 0.15) is 162 Å².